The molecule has 3 aromatic heterocycles. The lowest BCUT2D eigenvalue weighted by Gasteiger charge is -2.06. The first kappa shape index (κ1) is 16.0. The first-order chi connectivity index (χ1) is 13.3. The van der Waals surface area contributed by atoms with Gasteiger partial charge in [0.25, 0.3) is 0 Å². The third-order valence-electron chi connectivity index (χ3n) is 4.47. The van der Waals surface area contributed by atoms with E-state index in [1.54, 1.807) is 17.7 Å². The van der Waals surface area contributed by atoms with Crippen molar-refractivity contribution >= 4 is 39.5 Å². The number of fused-ring (bicyclic) bond motifs is 2. The molecule has 0 saturated heterocycles. The van der Waals surface area contributed by atoms with Gasteiger partial charge in [-0.25, -0.2) is 19.9 Å². The molecule has 132 valence electrons. The van der Waals surface area contributed by atoms with Gasteiger partial charge in [0, 0.05) is 30.0 Å². The number of hydrogen-bond donors (Lipinski definition) is 1. The zero-order chi connectivity index (χ0) is 18.1. The summed E-state index contributed by atoms with van der Waals surface area (Å²) in [4.78, 5) is 23.1. The van der Waals surface area contributed by atoms with E-state index in [0.29, 0.717) is 12.4 Å². The summed E-state index contributed by atoms with van der Waals surface area (Å²) in [5.74, 6) is 1.42. The normalized spacial score (nSPS) is 12.4. The van der Waals surface area contributed by atoms with Gasteiger partial charge in [-0.2, -0.15) is 0 Å². The van der Waals surface area contributed by atoms with Crippen molar-refractivity contribution in [1.82, 2.24) is 19.9 Å². The number of pyridine rings is 1. The fraction of sp³-hybridized carbons (Fsp3) is 0.150. The van der Waals surface area contributed by atoms with Crippen LogP contribution in [0.5, 0.6) is 0 Å². The second-order valence-electron chi connectivity index (χ2n) is 6.33. The van der Waals surface area contributed by atoms with Gasteiger partial charge in [0.05, 0.1) is 11.6 Å². The number of benzene rings is 1. The zero-order valence-electron chi connectivity index (χ0n) is 14.5. The molecule has 0 saturated carbocycles. The summed E-state index contributed by atoms with van der Waals surface area (Å²) >= 11 is 1.62. The highest BCUT2D eigenvalue weighted by Crippen LogP contribution is 2.27. The van der Waals surface area contributed by atoms with Gasteiger partial charge < -0.3 is 5.32 Å². The molecule has 7 heteroatoms. The Morgan fingerprint density at radius 2 is 1.96 bits per heavy atom. The Kier molecular flexibility index (Phi) is 4.06. The first-order valence-corrected chi connectivity index (χ1v) is 9.57. The maximum absolute atomic E-state index is 4.77. The molecule has 1 N–H and O–H groups in total. The highest BCUT2D eigenvalue weighted by molar-refractivity contribution is 7.18. The van der Waals surface area contributed by atoms with Crippen LogP contribution in [-0.4, -0.2) is 26.2 Å². The van der Waals surface area contributed by atoms with Gasteiger partial charge in [0.1, 0.15) is 22.5 Å². The standard InChI is InChI=1S/C20H16N6S/c1-2-4-13(5-3-1)6-7-17-26-18-19(23-12-24-20(18)27-17)25-16-8-14-9-21-10-15(14)11-22-16/h1-5,8-9,11-12H,6-7,10H2,(H,22,23,24,25). The minimum Gasteiger partial charge on any atom is -0.323 e. The van der Waals surface area contributed by atoms with E-state index in [9.17, 15) is 0 Å². The van der Waals surface area contributed by atoms with Crippen molar-refractivity contribution in [2.24, 2.45) is 4.99 Å². The van der Waals surface area contributed by atoms with Crippen LogP contribution in [0.3, 0.4) is 0 Å². The number of hydrogen-bond acceptors (Lipinski definition) is 7. The van der Waals surface area contributed by atoms with Gasteiger partial charge in [0.2, 0.25) is 0 Å². The number of aromatic nitrogens is 4. The van der Waals surface area contributed by atoms with Crippen molar-refractivity contribution in [2.45, 2.75) is 19.4 Å². The van der Waals surface area contributed by atoms with Crippen LogP contribution >= 0.6 is 11.3 Å². The van der Waals surface area contributed by atoms with E-state index in [2.05, 4.69) is 49.5 Å². The van der Waals surface area contributed by atoms with E-state index in [1.807, 2.05) is 24.5 Å². The van der Waals surface area contributed by atoms with E-state index in [-0.39, 0.29) is 0 Å². The molecule has 0 radical (unpaired) electrons. The summed E-state index contributed by atoms with van der Waals surface area (Å²) in [5, 5.41) is 4.35. The molecule has 0 spiro atoms. The Morgan fingerprint density at radius 1 is 1.04 bits per heavy atom. The van der Waals surface area contributed by atoms with Crippen molar-refractivity contribution < 1.29 is 0 Å². The van der Waals surface area contributed by atoms with Gasteiger partial charge in [-0.15, -0.1) is 0 Å². The van der Waals surface area contributed by atoms with Crippen molar-refractivity contribution in [3.8, 4) is 0 Å². The summed E-state index contributed by atoms with van der Waals surface area (Å²) in [5.41, 5.74) is 4.34. The van der Waals surface area contributed by atoms with E-state index >= 15 is 0 Å². The molecule has 0 unspecified atom stereocenters. The molecule has 4 aromatic rings. The van der Waals surface area contributed by atoms with Crippen LogP contribution in [0, 0.1) is 0 Å². The fourth-order valence-electron chi connectivity index (χ4n) is 3.08. The Morgan fingerprint density at radius 3 is 2.89 bits per heavy atom. The van der Waals surface area contributed by atoms with Crippen molar-refractivity contribution in [3.63, 3.8) is 0 Å². The number of aliphatic imine (C=N–C) groups is 1. The number of thiazole rings is 1. The Balaban J connectivity index is 1.40. The molecule has 1 aromatic carbocycles. The van der Waals surface area contributed by atoms with Gasteiger partial charge >= 0.3 is 0 Å². The van der Waals surface area contributed by atoms with Gasteiger partial charge in [-0.1, -0.05) is 41.7 Å². The molecule has 4 heterocycles. The molecule has 0 fully saturated rings. The average Bonchev–Trinajstić information content (AvgIpc) is 3.34. The van der Waals surface area contributed by atoms with Crippen LogP contribution in [0.4, 0.5) is 11.6 Å². The number of anilines is 2. The molecule has 1 aliphatic rings. The Labute approximate surface area is 160 Å². The van der Waals surface area contributed by atoms with Gasteiger partial charge in [-0.05, 0) is 18.1 Å². The van der Waals surface area contributed by atoms with Crippen LogP contribution in [0.1, 0.15) is 21.7 Å². The number of rotatable bonds is 5. The van der Waals surface area contributed by atoms with Crippen molar-refractivity contribution in [3.05, 3.63) is 70.6 Å². The summed E-state index contributed by atoms with van der Waals surface area (Å²) in [6.45, 7) is 0.706. The van der Waals surface area contributed by atoms with E-state index in [4.69, 9.17) is 4.98 Å². The molecule has 1 aliphatic heterocycles. The SMILES string of the molecule is C1=NCc2cnc(Nc3ncnc4sc(CCc5ccccc5)nc34)cc21. The second-order valence-corrected chi connectivity index (χ2v) is 7.39. The molecular formula is C20H16N6S. The number of nitrogens with zero attached hydrogens (tertiary/aromatic N) is 5. The molecule has 5 rings (SSSR count). The monoisotopic (exact) mass is 372 g/mol. The van der Waals surface area contributed by atoms with E-state index in [0.717, 1.165) is 45.1 Å². The Hall–Kier alpha value is -3.19. The van der Waals surface area contributed by atoms with Crippen molar-refractivity contribution in [1.29, 1.82) is 0 Å². The highest BCUT2D eigenvalue weighted by atomic mass is 32.1. The van der Waals surface area contributed by atoms with Crippen LogP contribution in [0.2, 0.25) is 0 Å². The van der Waals surface area contributed by atoms with E-state index < -0.39 is 0 Å². The average molecular weight is 372 g/mol. The number of nitrogens with one attached hydrogen (secondary N) is 1. The van der Waals surface area contributed by atoms with E-state index in [1.165, 1.54) is 5.56 Å². The lowest BCUT2D eigenvalue weighted by molar-refractivity contribution is 0.948. The highest BCUT2D eigenvalue weighted by Gasteiger charge is 2.13. The molecular weight excluding hydrogens is 356 g/mol. The molecule has 0 atom stereocenters. The lowest BCUT2D eigenvalue weighted by Crippen LogP contribution is -1.99. The molecule has 27 heavy (non-hydrogen) atoms. The summed E-state index contributed by atoms with van der Waals surface area (Å²) in [6.07, 6.45) is 7.15. The van der Waals surface area contributed by atoms with Crippen LogP contribution in [0.15, 0.2) is 53.9 Å². The van der Waals surface area contributed by atoms with Crippen LogP contribution in [0.25, 0.3) is 10.3 Å². The summed E-state index contributed by atoms with van der Waals surface area (Å²) in [7, 11) is 0. The topological polar surface area (TPSA) is 76.0 Å². The molecule has 0 bridgehead atoms. The van der Waals surface area contributed by atoms with Gasteiger partial charge in [0.15, 0.2) is 5.82 Å². The third-order valence-corrected chi connectivity index (χ3v) is 5.49. The fourth-order valence-corrected chi connectivity index (χ4v) is 3.98. The predicted octanol–water partition coefficient (Wildman–Crippen LogP) is 3.94. The third kappa shape index (κ3) is 3.29. The maximum Gasteiger partial charge on any atom is 0.162 e. The second kappa shape index (κ2) is 6.85. The summed E-state index contributed by atoms with van der Waals surface area (Å²) in [6, 6.07) is 12.4. The largest absolute Gasteiger partial charge is 0.323 e. The first-order valence-electron chi connectivity index (χ1n) is 8.75. The maximum atomic E-state index is 4.77. The minimum atomic E-state index is 0.685. The lowest BCUT2D eigenvalue weighted by atomic mass is 10.1. The molecule has 0 amide bonds. The van der Waals surface area contributed by atoms with Crippen molar-refractivity contribution in [2.75, 3.05) is 5.32 Å². The number of aryl methyl sites for hydroxylation is 2. The predicted molar refractivity (Wildman–Crippen MR) is 108 cm³/mol. The summed E-state index contributed by atoms with van der Waals surface area (Å²) < 4.78 is 0. The van der Waals surface area contributed by atoms with Gasteiger partial charge in [-0.3, -0.25) is 4.99 Å². The smallest absolute Gasteiger partial charge is 0.162 e. The minimum absolute atomic E-state index is 0.685. The Bertz CT molecular complexity index is 1140. The molecule has 6 nitrogen and oxygen atoms in total. The van der Waals surface area contributed by atoms with Crippen LogP contribution < -0.4 is 5.32 Å². The van der Waals surface area contributed by atoms with Crippen LogP contribution in [-0.2, 0) is 19.4 Å². The molecule has 0 aliphatic carbocycles. The quantitative estimate of drug-likeness (QED) is 0.574. The zero-order valence-corrected chi connectivity index (χ0v) is 15.3.